The summed E-state index contributed by atoms with van der Waals surface area (Å²) >= 11 is 5.54. The summed E-state index contributed by atoms with van der Waals surface area (Å²) in [6, 6.07) is 3.79. The van der Waals surface area contributed by atoms with Gasteiger partial charge in [-0.2, -0.15) is 0 Å². The Morgan fingerprint density at radius 2 is 2.00 bits per heavy atom. The summed E-state index contributed by atoms with van der Waals surface area (Å²) < 4.78 is 5.42. The fourth-order valence-electron chi connectivity index (χ4n) is 1.03. The van der Waals surface area contributed by atoms with E-state index < -0.39 is 0 Å². The van der Waals surface area contributed by atoms with Crippen LogP contribution in [-0.4, -0.2) is 15.0 Å². The SMILES string of the molecule is Clc1ncc(OCc2cccnc2)cn1. The van der Waals surface area contributed by atoms with Crippen molar-refractivity contribution < 1.29 is 4.74 Å². The summed E-state index contributed by atoms with van der Waals surface area (Å²) in [4.78, 5) is 11.6. The van der Waals surface area contributed by atoms with Crippen molar-refractivity contribution in [2.45, 2.75) is 6.61 Å². The second kappa shape index (κ2) is 4.70. The molecule has 76 valence electrons. The minimum Gasteiger partial charge on any atom is -0.486 e. The number of hydrogen-bond acceptors (Lipinski definition) is 4. The summed E-state index contributed by atoms with van der Waals surface area (Å²) in [6.07, 6.45) is 6.53. The zero-order chi connectivity index (χ0) is 10.5. The van der Waals surface area contributed by atoms with E-state index in [-0.39, 0.29) is 5.28 Å². The van der Waals surface area contributed by atoms with Gasteiger partial charge in [-0.05, 0) is 17.7 Å². The van der Waals surface area contributed by atoms with Gasteiger partial charge >= 0.3 is 0 Å². The van der Waals surface area contributed by atoms with Gasteiger partial charge in [-0.25, -0.2) is 9.97 Å². The minimum absolute atomic E-state index is 0.212. The van der Waals surface area contributed by atoms with E-state index >= 15 is 0 Å². The molecule has 0 bridgehead atoms. The molecule has 0 amide bonds. The second-order valence-electron chi connectivity index (χ2n) is 2.84. The van der Waals surface area contributed by atoms with Gasteiger partial charge in [0, 0.05) is 18.0 Å². The van der Waals surface area contributed by atoms with Gasteiger partial charge in [-0.3, -0.25) is 4.98 Å². The maximum Gasteiger partial charge on any atom is 0.222 e. The lowest BCUT2D eigenvalue weighted by molar-refractivity contribution is 0.303. The number of aromatic nitrogens is 3. The molecule has 0 N–H and O–H groups in total. The van der Waals surface area contributed by atoms with E-state index in [2.05, 4.69) is 15.0 Å². The van der Waals surface area contributed by atoms with Crippen LogP contribution in [0.25, 0.3) is 0 Å². The molecule has 0 spiro atoms. The van der Waals surface area contributed by atoms with Crippen molar-refractivity contribution in [3.05, 3.63) is 47.8 Å². The Balaban J connectivity index is 1.96. The first-order valence-electron chi connectivity index (χ1n) is 4.34. The second-order valence-corrected chi connectivity index (χ2v) is 3.18. The van der Waals surface area contributed by atoms with E-state index in [1.54, 1.807) is 12.4 Å². The number of nitrogens with zero attached hydrogens (tertiary/aromatic N) is 3. The Kier molecular flexibility index (Phi) is 3.09. The van der Waals surface area contributed by atoms with Crippen molar-refractivity contribution in [3.63, 3.8) is 0 Å². The molecule has 0 atom stereocenters. The highest BCUT2D eigenvalue weighted by Crippen LogP contribution is 2.10. The van der Waals surface area contributed by atoms with Crippen LogP contribution in [0.4, 0.5) is 0 Å². The molecular formula is C10H8ClN3O. The molecule has 0 saturated heterocycles. The molecule has 0 aliphatic rings. The third-order valence-electron chi connectivity index (χ3n) is 1.72. The number of pyridine rings is 1. The van der Waals surface area contributed by atoms with Crippen LogP contribution in [0.3, 0.4) is 0 Å². The minimum atomic E-state index is 0.212. The zero-order valence-electron chi connectivity index (χ0n) is 7.80. The number of hydrogen-bond donors (Lipinski definition) is 0. The quantitative estimate of drug-likeness (QED) is 0.745. The average molecular weight is 222 g/mol. The van der Waals surface area contributed by atoms with Gasteiger partial charge in [0.05, 0.1) is 12.4 Å². The Morgan fingerprint density at radius 1 is 1.20 bits per heavy atom. The van der Waals surface area contributed by atoms with Crippen molar-refractivity contribution in [1.82, 2.24) is 15.0 Å². The van der Waals surface area contributed by atoms with Crippen LogP contribution >= 0.6 is 11.6 Å². The predicted molar refractivity (Wildman–Crippen MR) is 55.6 cm³/mol. The maximum absolute atomic E-state index is 5.54. The highest BCUT2D eigenvalue weighted by atomic mass is 35.5. The fraction of sp³-hybridized carbons (Fsp3) is 0.100. The highest BCUT2D eigenvalue weighted by Gasteiger charge is 1.97. The molecule has 0 unspecified atom stereocenters. The standard InChI is InChI=1S/C10H8ClN3O/c11-10-13-5-9(6-14-10)15-7-8-2-1-3-12-4-8/h1-6H,7H2. The lowest BCUT2D eigenvalue weighted by Gasteiger charge is -2.04. The molecule has 2 rings (SSSR count). The van der Waals surface area contributed by atoms with Crippen molar-refractivity contribution >= 4 is 11.6 Å². The molecule has 0 aliphatic heterocycles. The normalized spacial score (nSPS) is 9.93. The number of halogens is 1. The Labute approximate surface area is 91.9 Å². The zero-order valence-corrected chi connectivity index (χ0v) is 8.55. The summed E-state index contributed by atoms with van der Waals surface area (Å²) in [6.45, 7) is 0.443. The number of rotatable bonds is 3. The van der Waals surface area contributed by atoms with Gasteiger partial charge in [0.15, 0.2) is 5.75 Å². The van der Waals surface area contributed by atoms with Crippen molar-refractivity contribution in [2.75, 3.05) is 0 Å². The molecule has 0 fully saturated rings. The summed E-state index contributed by atoms with van der Waals surface area (Å²) in [5, 5.41) is 0.212. The van der Waals surface area contributed by atoms with E-state index in [9.17, 15) is 0 Å². The topological polar surface area (TPSA) is 47.9 Å². The van der Waals surface area contributed by atoms with Crippen LogP contribution < -0.4 is 4.74 Å². The smallest absolute Gasteiger partial charge is 0.222 e. The molecule has 15 heavy (non-hydrogen) atoms. The third kappa shape index (κ3) is 2.89. The summed E-state index contributed by atoms with van der Waals surface area (Å²) in [7, 11) is 0. The first-order chi connectivity index (χ1) is 7.34. The van der Waals surface area contributed by atoms with Crippen molar-refractivity contribution in [3.8, 4) is 5.75 Å². The molecule has 5 heteroatoms. The first kappa shape index (κ1) is 9.86. The Hall–Kier alpha value is -1.68. The van der Waals surface area contributed by atoms with Gasteiger partial charge in [-0.1, -0.05) is 6.07 Å². The molecule has 0 aromatic carbocycles. The third-order valence-corrected chi connectivity index (χ3v) is 1.92. The lowest BCUT2D eigenvalue weighted by atomic mass is 10.3. The van der Waals surface area contributed by atoms with Crippen molar-refractivity contribution in [1.29, 1.82) is 0 Å². The Bertz CT molecular complexity index is 418. The van der Waals surface area contributed by atoms with E-state index in [4.69, 9.17) is 16.3 Å². The largest absolute Gasteiger partial charge is 0.486 e. The Morgan fingerprint density at radius 3 is 2.67 bits per heavy atom. The van der Waals surface area contributed by atoms with Crippen LogP contribution in [-0.2, 0) is 6.61 Å². The molecular weight excluding hydrogens is 214 g/mol. The van der Waals surface area contributed by atoms with Crippen LogP contribution in [0.5, 0.6) is 5.75 Å². The van der Waals surface area contributed by atoms with Gasteiger partial charge < -0.3 is 4.74 Å². The monoisotopic (exact) mass is 221 g/mol. The number of ether oxygens (including phenoxy) is 1. The molecule has 0 saturated carbocycles. The summed E-state index contributed by atoms with van der Waals surface area (Å²) in [5.41, 5.74) is 0.993. The first-order valence-corrected chi connectivity index (χ1v) is 4.71. The van der Waals surface area contributed by atoms with Crippen LogP contribution in [0.15, 0.2) is 36.9 Å². The fourth-order valence-corrected chi connectivity index (χ4v) is 1.12. The van der Waals surface area contributed by atoms with E-state index in [0.29, 0.717) is 12.4 Å². The molecule has 2 aromatic heterocycles. The van der Waals surface area contributed by atoms with Crippen molar-refractivity contribution in [2.24, 2.45) is 0 Å². The van der Waals surface area contributed by atoms with Gasteiger partial charge in [0.1, 0.15) is 6.61 Å². The molecule has 4 nitrogen and oxygen atoms in total. The predicted octanol–water partition coefficient (Wildman–Crippen LogP) is 2.10. The van der Waals surface area contributed by atoms with Crippen LogP contribution in [0.2, 0.25) is 5.28 Å². The summed E-state index contributed by atoms with van der Waals surface area (Å²) in [5.74, 6) is 0.586. The lowest BCUT2D eigenvalue weighted by Crippen LogP contribution is -1.96. The maximum atomic E-state index is 5.54. The van der Waals surface area contributed by atoms with Crippen LogP contribution in [0, 0.1) is 0 Å². The molecule has 2 heterocycles. The molecule has 2 aromatic rings. The average Bonchev–Trinajstić information content (AvgIpc) is 2.30. The molecule has 0 aliphatic carbocycles. The van der Waals surface area contributed by atoms with Gasteiger partial charge in [0.2, 0.25) is 5.28 Å². The highest BCUT2D eigenvalue weighted by molar-refractivity contribution is 6.28. The van der Waals surface area contributed by atoms with Gasteiger partial charge in [0.25, 0.3) is 0 Å². The van der Waals surface area contributed by atoms with Crippen LogP contribution in [0.1, 0.15) is 5.56 Å². The van der Waals surface area contributed by atoms with Gasteiger partial charge in [-0.15, -0.1) is 0 Å². The van der Waals surface area contributed by atoms with E-state index in [1.165, 1.54) is 12.4 Å². The van der Waals surface area contributed by atoms with E-state index in [1.807, 2.05) is 12.1 Å². The van der Waals surface area contributed by atoms with E-state index in [0.717, 1.165) is 5.56 Å². The molecule has 0 radical (unpaired) electrons.